The molecule has 1 N–H and O–H groups in total. The van der Waals surface area contributed by atoms with E-state index in [1.807, 2.05) is 85.7 Å². The van der Waals surface area contributed by atoms with Crippen LogP contribution in [0.2, 0.25) is 5.02 Å². The standard InChI is InChI=1S/C26H27ClN2O3S/c1-28(2)14-15-29-22-13-10-20(27)16-23(22)33-25(24(30)26(29)31)19-8-11-21(12-9-19)32-17-18-6-4-3-5-7-18/h3-13,16,24-25,30H,14-15,17H2,1-2H3/t24-,25+/m1/s1. The van der Waals surface area contributed by atoms with Crippen LogP contribution in [-0.4, -0.2) is 49.2 Å². The minimum absolute atomic E-state index is 0.306. The topological polar surface area (TPSA) is 53.0 Å². The average molecular weight is 483 g/mol. The third-order valence-corrected chi connectivity index (χ3v) is 7.10. The molecule has 0 saturated heterocycles. The molecular formula is C26H27ClN2O3S. The number of fused-ring (bicyclic) bond motifs is 1. The van der Waals surface area contributed by atoms with Gasteiger partial charge in [0.05, 0.1) is 10.9 Å². The van der Waals surface area contributed by atoms with Crippen molar-refractivity contribution < 1.29 is 14.6 Å². The summed E-state index contributed by atoms with van der Waals surface area (Å²) in [6.45, 7) is 1.65. The minimum atomic E-state index is -1.18. The van der Waals surface area contributed by atoms with Gasteiger partial charge in [0.25, 0.3) is 5.91 Å². The van der Waals surface area contributed by atoms with Crippen LogP contribution in [0.4, 0.5) is 5.69 Å². The molecule has 3 aromatic rings. The van der Waals surface area contributed by atoms with Crippen molar-refractivity contribution in [1.29, 1.82) is 0 Å². The monoisotopic (exact) mass is 482 g/mol. The second-order valence-electron chi connectivity index (χ2n) is 8.23. The first-order valence-corrected chi connectivity index (χ1v) is 12.0. The van der Waals surface area contributed by atoms with E-state index in [0.29, 0.717) is 24.7 Å². The lowest BCUT2D eigenvalue weighted by molar-refractivity contribution is -0.126. The Bertz CT molecular complexity index is 1090. The van der Waals surface area contributed by atoms with Gasteiger partial charge in [-0.1, -0.05) is 54.1 Å². The van der Waals surface area contributed by atoms with E-state index in [0.717, 1.165) is 27.5 Å². The molecule has 1 heterocycles. The molecule has 0 fully saturated rings. The number of likely N-dealkylation sites (N-methyl/N-ethyl adjacent to an activating group) is 1. The highest BCUT2D eigenvalue weighted by Gasteiger charge is 2.37. The SMILES string of the molecule is CN(C)CCN1C(=O)[C@H](O)[C@H](c2ccc(OCc3ccccc3)cc2)Sc2cc(Cl)ccc21. The Hall–Kier alpha value is -2.51. The summed E-state index contributed by atoms with van der Waals surface area (Å²) >= 11 is 7.73. The van der Waals surface area contributed by atoms with Crippen molar-refractivity contribution in [3.05, 3.63) is 88.9 Å². The number of anilines is 1. The predicted molar refractivity (Wildman–Crippen MR) is 134 cm³/mol. The number of hydrogen-bond donors (Lipinski definition) is 1. The first-order valence-electron chi connectivity index (χ1n) is 10.8. The van der Waals surface area contributed by atoms with Crippen molar-refractivity contribution in [2.75, 3.05) is 32.1 Å². The largest absolute Gasteiger partial charge is 0.489 e. The lowest BCUT2D eigenvalue weighted by atomic mass is 10.1. The Morgan fingerprint density at radius 1 is 1.06 bits per heavy atom. The summed E-state index contributed by atoms with van der Waals surface area (Å²) in [6.07, 6.45) is -1.18. The van der Waals surface area contributed by atoms with E-state index in [1.165, 1.54) is 11.8 Å². The maximum atomic E-state index is 13.3. The van der Waals surface area contributed by atoms with Crippen LogP contribution in [0.15, 0.2) is 77.7 Å². The highest BCUT2D eigenvalue weighted by atomic mass is 35.5. The smallest absolute Gasteiger partial charge is 0.257 e. The van der Waals surface area contributed by atoms with Gasteiger partial charge in [0, 0.05) is 23.0 Å². The van der Waals surface area contributed by atoms with Crippen LogP contribution < -0.4 is 9.64 Å². The van der Waals surface area contributed by atoms with Crippen molar-refractivity contribution >= 4 is 35.0 Å². The Morgan fingerprint density at radius 2 is 1.79 bits per heavy atom. The molecule has 7 heteroatoms. The van der Waals surface area contributed by atoms with Crippen LogP contribution in [0.5, 0.6) is 5.75 Å². The summed E-state index contributed by atoms with van der Waals surface area (Å²) in [6, 6.07) is 23.0. The molecule has 0 unspecified atom stereocenters. The van der Waals surface area contributed by atoms with Crippen LogP contribution in [0.25, 0.3) is 0 Å². The highest BCUT2D eigenvalue weighted by Crippen LogP contribution is 2.46. The van der Waals surface area contributed by atoms with Gasteiger partial charge in [0.2, 0.25) is 0 Å². The molecule has 1 amide bonds. The molecule has 0 aromatic heterocycles. The van der Waals surface area contributed by atoms with Crippen molar-refractivity contribution in [2.45, 2.75) is 22.9 Å². The van der Waals surface area contributed by atoms with E-state index in [4.69, 9.17) is 16.3 Å². The molecule has 0 spiro atoms. The highest BCUT2D eigenvalue weighted by molar-refractivity contribution is 7.99. The van der Waals surface area contributed by atoms with Gasteiger partial charge >= 0.3 is 0 Å². The summed E-state index contributed by atoms with van der Waals surface area (Å²) in [4.78, 5) is 17.9. The fourth-order valence-corrected chi connectivity index (χ4v) is 5.23. The summed E-state index contributed by atoms with van der Waals surface area (Å²) in [5, 5.41) is 11.2. The van der Waals surface area contributed by atoms with Crippen LogP contribution in [-0.2, 0) is 11.4 Å². The normalized spacial score (nSPS) is 18.2. The number of benzene rings is 3. The van der Waals surface area contributed by atoms with Gasteiger partial charge in [0.15, 0.2) is 0 Å². The second kappa shape index (κ2) is 10.6. The van der Waals surface area contributed by atoms with Gasteiger partial charge in [-0.3, -0.25) is 4.79 Å². The number of thioether (sulfide) groups is 1. The molecule has 172 valence electrons. The summed E-state index contributed by atoms with van der Waals surface area (Å²) in [5.41, 5.74) is 2.72. The number of carbonyl (C=O) groups excluding carboxylic acids is 1. The lowest BCUT2D eigenvalue weighted by Gasteiger charge is -2.26. The summed E-state index contributed by atoms with van der Waals surface area (Å²) in [5.74, 6) is 0.429. The van der Waals surface area contributed by atoms with E-state index in [1.54, 1.807) is 11.0 Å². The summed E-state index contributed by atoms with van der Waals surface area (Å²) in [7, 11) is 3.92. The lowest BCUT2D eigenvalue weighted by Crippen LogP contribution is -2.43. The molecule has 0 bridgehead atoms. The van der Waals surface area contributed by atoms with Crippen LogP contribution in [0.3, 0.4) is 0 Å². The number of rotatable bonds is 7. The Labute approximate surface area is 203 Å². The average Bonchev–Trinajstić information content (AvgIpc) is 2.92. The fraction of sp³-hybridized carbons (Fsp3) is 0.269. The van der Waals surface area contributed by atoms with E-state index in [-0.39, 0.29) is 5.91 Å². The predicted octanol–water partition coefficient (Wildman–Crippen LogP) is 5.02. The Balaban J connectivity index is 1.57. The number of ether oxygens (including phenoxy) is 1. The quantitative estimate of drug-likeness (QED) is 0.512. The number of aliphatic hydroxyl groups is 1. The molecule has 1 aliphatic rings. The van der Waals surface area contributed by atoms with Crippen molar-refractivity contribution in [3.8, 4) is 5.75 Å². The Kier molecular flexibility index (Phi) is 7.60. The van der Waals surface area contributed by atoms with Gasteiger partial charge < -0.3 is 19.6 Å². The van der Waals surface area contributed by atoms with Gasteiger partial charge in [-0.25, -0.2) is 0 Å². The van der Waals surface area contributed by atoms with Crippen molar-refractivity contribution in [1.82, 2.24) is 4.90 Å². The van der Waals surface area contributed by atoms with Gasteiger partial charge in [-0.15, -0.1) is 11.8 Å². The summed E-state index contributed by atoms with van der Waals surface area (Å²) < 4.78 is 5.88. The molecule has 2 atom stereocenters. The fourth-order valence-electron chi connectivity index (χ4n) is 3.69. The molecular weight excluding hydrogens is 456 g/mol. The van der Waals surface area contributed by atoms with Gasteiger partial charge in [-0.2, -0.15) is 0 Å². The number of nitrogens with zero attached hydrogens (tertiary/aromatic N) is 2. The zero-order valence-corrected chi connectivity index (χ0v) is 20.2. The second-order valence-corrected chi connectivity index (χ2v) is 9.85. The van der Waals surface area contributed by atoms with Gasteiger partial charge in [-0.05, 0) is 55.6 Å². The zero-order valence-electron chi connectivity index (χ0n) is 18.6. The van der Waals surface area contributed by atoms with E-state index in [9.17, 15) is 9.90 Å². The first-order chi connectivity index (χ1) is 15.9. The molecule has 4 rings (SSSR count). The molecule has 0 radical (unpaired) electrons. The molecule has 33 heavy (non-hydrogen) atoms. The molecule has 3 aromatic carbocycles. The van der Waals surface area contributed by atoms with E-state index >= 15 is 0 Å². The zero-order chi connectivity index (χ0) is 23.4. The number of carbonyl (C=O) groups is 1. The maximum Gasteiger partial charge on any atom is 0.257 e. The van der Waals surface area contributed by atoms with Crippen LogP contribution >= 0.6 is 23.4 Å². The van der Waals surface area contributed by atoms with Crippen molar-refractivity contribution in [3.63, 3.8) is 0 Å². The van der Waals surface area contributed by atoms with Crippen LogP contribution in [0, 0.1) is 0 Å². The third-order valence-electron chi connectivity index (χ3n) is 5.50. The third kappa shape index (κ3) is 5.71. The van der Waals surface area contributed by atoms with Gasteiger partial charge in [0.1, 0.15) is 18.5 Å². The number of amides is 1. The molecule has 0 aliphatic carbocycles. The maximum absolute atomic E-state index is 13.3. The molecule has 0 saturated carbocycles. The van der Waals surface area contributed by atoms with E-state index in [2.05, 4.69) is 0 Å². The number of hydrogen-bond acceptors (Lipinski definition) is 5. The van der Waals surface area contributed by atoms with Crippen molar-refractivity contribution in [2.24, 2.45) is 0 Å². The molecule has 5 nitrogen and oxygen atoms in total. The Morgan fingerprint density at radius 3 is 2.48 bits per heavy atom. The van der Waals surface area contributed by atoms with Crippen LogP contribution in [0.1, 0.15) is 16.4 Å². The number of halogens is 1. The minimum Gasteiger partial charge on any atom is -0.489 e. The molecule has 1 aliphatic heterocycles. The number of aliphatic hydroxyl groups excluding tert-OH is 1. The first kappa shape index (κ1) is 23.6. The van der Waals surface area contributed by atoms with E-state index < -0.39 is 11.4 Å².